The second kappa shape index (κ2) is 3.92. The van der Waals surface area contributed by atoms with Gasteiger partial charge in [-0.2, -0.15) is 0 Å². The summed E-state index contributed by atoms with van der Waals surface area (Å²) >= 11 is 0. The molecule has 0 spiro atoms. The Hall–Kier alpha value is -1.75. The van der Waals surface area contributed by atoms with Gasteiger partial charge in [0.2, 0.25) is 0 Å². The van der Waals surface area contributed by atoms with E-state index >= 15 is 0 Å². The molecule has 1 aromatic rings. The summed E-state index contributed by atoms with van der Waals surface area (Å²) in [6, 6.07) is 3.12. The van der Waals surface area contributed by atoms with Crippen LogP contribution in [0.25, 0.3) is 0 Å². The lowest BCUT2D eigenvalue weighted by atomic mass is 9.98. The molecule has 0 atom stereocenters. The summed E-state index contributed by atoms with van der Waals surface area (Å²) in [4.78, 5) is 11.2. The van der Waals surface area contributed by atoms with Gasteiger partial charge in [-0.15, -0.1) is 0 Å². The van der Waals surface area contributed by atoms with Crippen LogP contribution in [-0.4, -0.2) is 25.3 Å². The van der Waals surface area contributed by atoms with Crippen molar-refractivity contribution in [3.05, 3.63) is 23.3 Å². The molecule has 0 amide bonds. The predicted molar refractivity (Wildman–Crippen MR) is 61.6 cm³/mol. The summed E-state index contributed by atoms with van der Waals surface area (Å²) < 4.78 is 10.2. The molecule has 17 heavy (non-hydrogen) atoms. The molecule has 92 valence electrons. The second-order valence-electron chi connectivity index (χ2n) is 4.21. The SMILES string of the molecule is COc1cc(C(=O)O)c(C2(N)CC2)cc1OC. The molecule has 5 heteroatoms. The number of hydrogen-bond donors (Lipinski definition) is 2. The number of rotatable bonds is 4. The summed E-state index contributed by atoms with van der Waals surface area (Å²) in [5.41, 5.74) is 6.34. The van der Waals surface area contributed by atoms with E-state index in [1.807, 2.05) is 0 Å². The normalized spacial score (nSPS) is 16.4. The number of ether oxygens (including phenoxy) is 2. The molecule has 0 unspecified atom stereocenters. The smallest absolute Gasteiger partial charge is 0.336 e. The maximum atomic E-state index is 11.2. The Bertz CT molecular complexity index is 466. The van der Waals surface area contributed by atoms with Gasteiger partial charge in [-0.05, 0) is 30.5 Å². The average Bonchev–Trinajstić information content (AvgIpc) is 3.06. The number of nitrogens with two attached hydrogens (primary N) is 1. The van der Waals surface area contributed by atoms with Gasteiger partial charge in [-0.3, -0.25) is 0 Å². The van der Waals surface area contributed by atoms with Crippen LogP contribution in [0, 0.1) is 0 Å². The van der Waals surface area contributed by atoms with Gasteiger partial charge >= 0.3 is 5.97 Å². The fourth-order valence-electron chi connectivity index (χ4n) is 1.87. The van der Waals surface area contributed by atoms with Crippen molar-refractivity contribution >= 4 is 5.97 Å². The Morgan fingerprint density at radius 3 is 2.24 bits per heavy atom. The van der Waals surface area contributed by atoms with E-state index in [-0.39, 0.29) is 5.56 Å². The average molecular weight is 237 g/mol. The van der Waals surface area contributed by atoms with Gasteiger partial charge in [0, 0.05) is 5.54 Å². The predicted octanol–water partition coefficient (Wildman–Crippen LogP) is 1.35. The minimum absolute atomic E-state index is 0.183. The standard InChI is InChI=1S/C12H15NO4/c1-16-9-5-7(11(14)15)8(6-10(9)17-2)12(13)3-4-12/h5-6H,3-4,13H2,1-2H3,(H,14,15). The molecule has 2 rings (SSSR count). The fraction of sp³-hybridized carbons (Fsp3) is 0.417. The molecule has 1 aromatic carbocycles. The van der Waals surface area contributed by atoms with E-state index in [0.29, 0.717) is 17.1 Å². The van der Waals surface area contributed by atoms with Gasteiger partial charge in [0.15, 0.2) is 11.5 Å². The molecule has 1 saturated carbocycles. The molecule has 0 radical (unpaired) electrons. The highest BCUT2D eigenvalue weighted by Crippen LogP contribution is 2.46. The van der Waals surface area contributed by atoms with Crippen LogP contribution in [-0.2, 0) is 5.54 Å². The summed E-state index contributed by atoms with van der Waals surface area (Å²) in [5, 5.41) is 9.19. The summed E-state index contributed by atoms with van der Waals surface area (Å²) in [7, 11) is 2.98. The molecule has 0 heterocycles. The van der Waals surface area contributed by atoms with E-state index in [9.17, 15) is 9.90 Å². The van der Waals surface area contributed by atoms with Crippen LogP contribution in [0.4, 0.5) is 0 Å². The highest BCUT2D eigenvalue weighted by Gasteiger charge is 2.43. The van der Waals surface area contributed by atoms with Crippen LogP contribution >= 0.6 is 0 Å². The fourth-order valence-corrected chi connectivity index (χ4v) is 1.87. The largest absolute Gasteiger partial charge is 0.493 e. The molecule has 1 fully saturated rings. The van der Waals surface area contributed by atoms with Gasteiger partial charge < -0.3 is 20.3 Å². The number of carbonyl (C=O) groups is 1. The first-order valence-electron chi connectivity index (χ1n) is 5.30. The summed E-state index contributed by atoms with van der Waals surface area (Å²) in [6.07, 6.45) is 1.59. The first kappa shape index (κ1) is 11.7. The van der Waals surface area contributed by atoms with Crippen LogP contribution in [0.2, 0.25) is 0 Å². The van der Waals surface area contributed by atoms with Crippen molar-refractivity contribution in [2.75, 3.05) is 14.2 Å². The lowest BCUT2D eigenvalue weighted by Gasteiger charge is -2.16. The van der Waals surface area contributed by atoms with E-state index in [2.05, 4.69) is 0 Å². The number of hydrogen-bond acceptors (Lipinski definition) is 4. The summed E-state index contributed by atoms with van der Waals surface area (Å²) in [5.74, 6) is -0.0974. The van der Waals surface area contributed by atoms with E-state index in [1.54, 1.807) is 6.07 Å². The highest BCUT2D eigenvalue weighted by molar-refractivity contribution is 5.91. The minimum Gasteiger partial charge on any atom is -0.493 e. The van der Waals surface area contributed by atoms with Crippen LogP contribution in [0.5, 0.6) is 11.5 Å². The van der Waals surface area contributed by atoms with Crippen LogP contribution in [0.3, 0.4) is 0 Å². The monoisotopic (exact) mass is 237 g/mol. The van der Waals surface area contributed by atoms with Crippen molar-refractivity contribution in [1.82, 2.24) is 0 Å². The Morgan fingerprint density at radius 1 is 1.29 bits per heavy atom. The van der Waals surface area contributed by atoms with Crippen molar-refractivity contribution in [2.45, 2.75) is 18.4 Å². The van der Waals surface area contributed by atoms with Crippen LogP contribution in [0.1, 0.15) is 28.8 Å². The Labute approximate surface area is 99.1 Å². The van der Waals surface area contributed by atoms with Gasteiger partial charge in [0.25, 0.3) is 0 Å². The molecular weight excluding hydrogens is 222 g/mol. The zero-order valence-electron chi connectivity index (χ0n) is 9.82. The van der Waals surface area contributed by atoms with Crippen molar-refractivity contribution < 1.29 is 19.4 Å². The first-order valence-corrected chi connectivity index (χ1v) is 5.30. The van der Waals surface area contributed by atoms with Gasteiger partial charge in [-0.1, -0.05) is 0 Å². The number of aromatic carboxylic acids is 1. The Balaban J connectivity index is 2.59. The van der Waals surface area contributed by atoms with Crippen molar-refractivity contribution in [2.24, 2.45) is 5.73 Å². The highest BCUT2D eigenvalue weighted by atomic mass is 16.5. The topological polar surface area (TPSA) is 81.8 Å². The Kier molecular flexibility index (Phi) is 2.71. The van der Waals surface area contributed by atoms with Gasteiger partial charge in [-0.25, -0.2) is 4.79 Å². The third-order valence-electron chi connectivity index (χ3n) is 3.08. The van der Waals surface area contributed by atoms with Crippen molar-refractivity contribution in [3.63, 3.8) is 0 Å². The number of carboxylic acids is 1. The lowest BCUT2D eigenvalue weighted by Crippen LogP contribution is -2.22. The molecule has 1 aliphatic carbocycles. The van der Waals surface area contributed by atoms with Crippen molar-refractivity contribution in [3.8, 4) is 11.5 Å². The molecule has 1 aliphatic rings. The molecule has 0 bridgehead atoms. The van der Waals surface area contributed by atoms with Gasteiger partial charge in [0.1, 0.15) is 0 Å². The Morgan fingerprint density at radius 2 is 1.82 bits per heavy atom. The third-order valence-corrected chi connectivity index (χ3v) is 3.08. The van der Waals surface area contributed by atoms with Crippen LogP contribution in [0.15, 0.2) is 12.1 Å². The lowest BCUT2D eigenvalue weighted by molar-refractivity contribution is 0.0694. The number of carboxylic acid groups (broad SMARTS) is 1. The van der Waals surface area contributed by atoms with E-state index < -0.39 is 11.5 Å². The minimum atomic E-state index is -1.00. The van der Waals surface area contributed by atoms with E-state index in [1.165, 1.54) is 20.3 Å². The molecular formula is C12H15NO4. The molecule has 0 aliphatic heterocycles. The van der Waals surface area contributed by atoms with Crippen LogP contribution < -0.4 is 15.2 Å². The molecule has 0 saturated heterocycles. The number of methoxy groups -OCH3 is 2. The van der Waals surface area contributed by atoms with Gasteiger partial charge in [0.05, 0.1) is 19.8 Å². The van der Waals surface area contributed by atoms with E-state index in [4.69, 9.17) is 15.2 Å². The summed E-state index contributed by atoms with van der Waals surface area (Å²) in [6.45, 7) is 0. The zero-order chi connectivity index (χ0) is 12.6. The quantitative estimate of drug-likeness (QED) is 0.826. The molecule has 0 aromatic heterocycles. The molecule has 5 nitrogen and oxygen atoms in total. The maximum Gasteiger partial charge on any atom is 0.336 e. The van der Waals surface area contributed by atoms with Crippen molar-refractivity contribution in [1.29, 1.82) is 0 Å². The van der Waals surface area contributed by atoms with E-state index in [0.717, 1.165) is 12.8 Å². The molecule has 3 N–H and O–H groups in total. The second-order valence-corrected chi connectivity index (χ2v) is 4.21. The first-order chi connectivity index (χ1) is 8.01. The zero-order valence-corrected chi connectivity index (χ0v) is 9.82. The third kappa shape index (κ3) is 1.93. The maximum absolute atomic E-state index is 11.2. The number of benzene rings is 1.